The van der Waals surface area contributed by atoms with E-state index >= 15 is 0 Å². The highest BCUT2D eigenvalue weighted by molar-refractivity contribution is 5.10. The number of rotatable bonds is 4. The zero-order valence-corrected chi connectivity index (χ0v) is 16.2. The Labute approximate surface area is 170 Å². The van der Waals surface area contributed by atoms with Crippen LogP contribution in [0.2, 0.25) is 0 Å². The zero-order chi connectivity index (χ0) is 23.9. The topological polar surface area (TPSA) is 9.23 Å². The van der Waals surface area contributed by atoms with Gasteiger partial charge in [0.25, 0.3) is 11.2 Å². The van der Waals surface area contributed by atoms with Gasteiger partial charge in [0.05, 0.1) is 0 Å². The number of ether oxygens (including phenoxy) is 1. The maximum atomic E-state index is 13.9. The Balaban J connectivity index is 2.81. The molecule has 2 aliphatic carbocycles. The average molecular weight is 482 g/mol. The highest BCUT2D eigenvalue weighted by atomic mass is 19.4. The molecular formula is C18H22F12O. The molecule has 2 rings (SSSR count). The fourth-order valence-corrected chi connectivity index (χ4v) is 4.92. The van der Waals surface area contributed by atoms with Crippen molar-refractivity contribution in [3.8, 4) is 0 Å². The minimum absolute atomic E-state index is 0.198. The van der Waals surface area contributed by atoms with E-state index in [0.29, 0.717) is 0 Å². The molecule has 184 valence electrons. The van der Waals surface area contributed by atoms with Crippen LogP contribution in [0.15, 0.2) is 0 Å². The van der Waals surface area contributed by atoms with Gasteiger partial charge in [0.1, 0.15) is 0 Å². The summed E-state index contributed by atoms with van der Waals surface area (Å²) in [5.74, 6) is -5.23. The van der Waals surface area contributed by atoms with Gasteiger partial charge in [-0.2, -0.15) is 52.7 Å². The van der Waals surface area contributed by atoms with Crippen molar-refractivity contribution in [2.45, 2.75) is 100 Å². The maximum Gasteiger partial charge on any atom is 0.426 e. The molecule has 31 heavy (non-hydrogen) atoms. The van der Waals surface area contributed by atoms with Gasteiger partial charge in [0.15, 0.2) is 0 Å². The van der Waals surface area contributed by atoms with Gasteiger partial charge in [0, 0.05) is 11.8 Å². The van der Waals surface area contributed by atoms with E-state index in [1.807, 2.05) is 0 Å². The largest absolute Gasteiger partial charge is 0.426 e. The quantitative estimate of drug-likeness (QED) is 0.370. The highest BCUT2D eigenvalue weighted by Crippen LogP contribution is 2.62. The summed E-state index contributed by atoms with van der Waals surface area (Å²) in [7, 11) is 0. The van der Waals surface area contributed by atoms with Gasteiger partial charge >= 0.3 is 24.7 Å². The number of alkyl halides is 12. The summed E-state index contributed by atoms with van der Waals surface area (Å²) in [6.45, 7) is 0. The van der Waals surface area contributed by atoms with Crippen LogP contribution in [0.5, 0.6) is 0 Å². The van der Waals surface area contributed by atoms with Crippen molar-refractivity contribution < 1.29 is 57.4 Å². The van der Waals surface area contributed by atoms with E-state index in [-0.39, 0.29) is 38.5 Å². The second kappa shape index (κ2) is 8.48. The fraction of sp³-hybridized carbons (Fsp3) is 1.00. The van der Waals surface area contributed by atoms with Crippen LogP contribution in [0.4, 0.5) is 52.7 Å². The lowest BCUT2D eigenvalue weighted by molar-refractivity contribution is -0.489. The van der Waals surface area contributed by atoms with Gasteiger partial charge in [-0.15, -0.1) is 0 Å². The summed E-state index contributed by atoms with van der Waals surface area (Å²) >= 11 is 0. The molecule has 2 fully saturated rings. The van der Waals surface area contributed by atoms with E-state index in [9.17, 15) is 52.7 Å². The van der Waals surface area contributed by atoms with Crippen molar-refractivity contribution in [1.82, 2.24) is 0 Å². The maximum absolute atomic E-state index is 13.9. The van der Waals surface area contributed by atoms with Crippen LogP contribution in [-0.2, 0) is 4.74 Å². The highest BCUT2D eigenvalue weighted by Gasteiger charge is 2.84. The molecule has 0 aromatic carbocycles. The zero-order valence-electron chi connectivity index (χ0n) is 16.2. The van der Waals surface area contributed by atoms with E-state index in [2.05, 4.69) is 4.74 Å². The van der Waals surface area contributed by atoms with E-state index in [0.717, 1.165) is 0 Å². The first kappa shape index (κ1) is 26.4. The second-order valence-corrected chi connectivity index (χ2v) is 8.23. The third-order valence-electron chi connectivity index (χ3n) is 6.37. The summed E-state index contributed by atoms with van der Waals surface area (Å²) in [5.41, 5.74) is -11.2. The Kier molecular flexibility index (Phi) is 7.21. The van der Waals surface area contributed by atoms with Crippen molar-refractivity contribution in [2.24, 2.45) is 11.8 Å². The monoisotopic (exact) mass is 482 g/mol. The molecule has 1 nitrogen and oxygen atoms in total. The molecule has 0 spiro atoms. The average Bonchev–Trinajstić information content (AvgIpc) is 2.59. The third-order valence-corrected chi connectivity index (χ3v) is 6.37. The smallest absolute Gasteiger partial charge is 0.333 e. The molecule has 0 heterocycles. The molecule has 0 radical (unpaired) electrons. The van der Waals surface area contributed by atoms with Crippen LogP contribution in [0, 0.1) is 11.8 Å². The van der Waals surface area contributed by atoms with Crippen molar-refractivity contribution in [3.63, 3.8) is 0 Å². The van der Waals surface area contributed by atoms with Crippen LogP contribution < -0.4 is 0 Å². The standard InChI is InChI=1S/C18H22F12O/c19-15(20,21)13(16(22,23)24,11-7-3-1-4-8-11)31-14(17(25,26)27,18(28,29)30)12-9-5-2-6-10-12/h11-12H,1-10H2. The lowest BCUT2D eigenvalue weighted by Crippen LogP contribution is -2.74. The normalized spacial score (nSPS) is 22.1. The first-order valence-corrected chi connectivity index (χ1v) is 9.89. The SMILES string of the molecule is FC(F)(F)C(OC(C1CCCCC1)(C(F)(F)F)C(F)(F)F)(C1CCCCC1)C(F)(F)F. The summed E-state index contributed by atoms with van der Waals surface area (Å²) in [6, 6.07) is 0. The minimum Gasteiger partial charge on any atom is -0.333 e. The lowest BCUT2D eigenvalue weighted by atomic mass is 9.72. The number of hydrogen-bond donors (Lipinski definition) is 0. The fourth-order valence-electron chi connectivity index (χ4n) is 4.92. The molecule has 0 bridgehead atoms. The summed E-state index contributed by atoms with van der Waals surface area (Å²) < 4.78 is 171. The van der Waals surface area contributed by atoms with Gasteiger partial charge in [-0.1, -0.05) is 38.5 Å². The molecule has 0 aromatic heterocycles. The lowest BCUT2D eigenvalue weighted by Gasteiger charge is -2.52. The van der Waals surface area contributed by atoms with Gasteiger partial charge in [-0.05, 0) is 25.7 Å². The Hall–Kier alpha value is -0.880. The third kappa shape index (κ3) is 4.48. The Morgan fingerprint density at radius 2 is 0.613 bits per heavy atom. The Morgan fingerprint density at radius 1 is 0.387 bits per heavy atom. The van der Waals surface area contributed by atoms with E-state index in [4.69, 9.17) is 0 Å². The van der Waals surface area contributed by atoms with Crippen molar-refractivity contribution >= 4 is 0 Å². The van der Waals surface area contributed by atoms with Crippen molar-refractivity contribution in [1.29, 1.82) is 0 Å². The molecule has 0 saturated heterocycles. The number of hydrogen-bond acceptors (Lipinski definition) is 1. The van der Waals surface area contributed by atoms with Crippen molar-refractivity contribution in [3.05, 3.63) is 0 Å². The predicted octanol–water partition coefficient (Wildman–Crippen LogP) is 7.89. The van der Waals surface area contributed by atoms with Crippen LogP contribution in [0.25, 0.3) is 0 Å². The molecule has 0 aromatic rings. The van der Waals surface area contributed by atoms with Crippen LogP contribution in [-0.4, -0.2) is 35.9 Å². The van der Waals surface area contributed by atoms with E-state index in [1.54, 1.807) is 0 Å². The molecular weight excluding hydrogens is 460 g/mol. The first-order chi connectivity index (χ1) is 13.9. The first-order valence-electron chi connectivity index (χ1n) is 9.89. The van der Waals surface area contributed by atoms with Gasteiger partial charge < -0.3 is 4.74 Å². The Morgan fingerprint density at radius 3 is 0.806 bits per heavy atom. The van der Waals surface area contributed by atoms with E-state index < -0.39 is 73.4 Å². The van der Waals surface area contributed by atoms with Crippen molar-refractivity contribution in [2.75, 3.05) is 0 Å². The van der Waals surface area contributed by atoms with Crippen LogP contribution in [0.1, 0.15) is 64.2 Å². The Bertz CT molecular complexity index is 509. The number of halogens is 12. The van der Waals surface area contributed by atoms with Crippen LogP contribution in [0.3, 0.4) is 0 Å². The summed E-state index contributed by atoms with van der Waals surface area (Å²) in [6.07, 6.45) is -30.0. The minimum atomic E-state index is -6.55. The summed E-state index contributed by atoms with van der Waals surface area (Å²) in [5, 5.41) is 0. The molecule has 0 N–H and O–H groups in total. The molecule has 0 amide bonds. The van der Waals surface area contributed by atoms with Gasteiger partial charge in [0.2, 0.25) is 0 Å². The molecule has 2 saturated carbocycles. The molecule has 0 aliphatic heterocycles. The molecule has 2 aliphatic rings. The molecule has 0 unspecified atom stereocenters. The molecule has 13 heteroatoms. The second-order valence-electron chi connectivity index (χ2n) is 8.23. The van der Waals surface area contributed by atoms with Gasteiger partial charge in [-0.3, -0.25) is 0 Å². The van der Waals surface area contributed by atoms with Gasteiger partial charge in [-0.25, -0.2) is 0 Å². The summed E-state index contributed by atoms with van der Waals surface area (Å²) in [4.78, 5) is 0. The predicted molar refractivity (Wildman–Crippen MR) is 83.9 cm³/mol. The van der Waals surface area contributed by atoms with E-state index in [1.165, 1.54) is 0 Å². The molecule has 0 atom stereocenters. The van der Waals surface area contributed by atoms with Crippen LogP contribution >= 0.6 is 0 Å².